The third kappa shape index (κ3) is 6.21. The van der Waals surface area contributed by atoms with E-state index in [1.807, 2.05) is 20.8 Å². The largest absolute Gasteiger partial charge is 0.444 e. The fraction of sp³-hybridized carbons (Fsp3) is 0.704. The Morgan fingerprint density at radius 3 is 2.00 bits per heavy atom. The number of carbonyl (C=O) groups excluding carboxylic acids is 2. The molecule has 3 fully saturated rings. The Morgan fingerprint density at radius 1 is 1.00 bits per heavy atom. The van der Waals surface area contributed by atoms with Gasteiger partial charge in [0.15, 0.2) is 5.78 Å². The topological polar surface area (TPSA) is 87.7 Å². The average molecular weight is 538 g/mol. The lowest BCUT2D eigenvalue weighted by Gasteiger charge is -2.53. The van der Waals surface area contributed by atoms with Crippen molar-refractivity contribution in [1.29, 1.82) is 0 Å². The van der Waals surface area contributed by atoms with Crippen LogP contribution in [0.5, 0.6) is 0 Å². The summed E-state index contributed by atoms with van der Waals surface area (Å²) in [5.41, 5.74) is 0.188. The van der Waals surface area contributed by atoms with E-state index < -0.39 is 29.4 Å². The van der Waals surface area contributed by atoms with Crippen molar-refractivity contribution in [2.45, 2.75) is 103 Å². The zero-order valence-electron chi connectivity index (χ0n) is 21.5. The highest BCUT2D eigenvalue weighted by atomic mass is 79.9. The molecule has 3 saturated carbocycles. The Hall–Kier alpha value is -1.44. The van der Waals surface area contributed by atoms with E-state index in [2.05, 4.69) is 50.8 Å². The van der Waals surface area contributed by atoms with Gasteiger partial charge < -0.3 is 15.2 Å². The first-order valence-electron chi connectivity index (χ1n) is 12.4. The molecular formula is C27H41BrN2O4. The highest BCUT2D eigenvalue weighted by molar-refractivity contribution is 9.10. The average Bonchev–Trinajstić information content (AvgIpc) is 2.75. The van der Waals surface area contributed by atoms with E-state index in [9.17, 15) is 14.7 Å². The van der Waals surface area contributed by atoms with Crippen LogP contribution in [0, 0.1) is 10.8 Å². The van der Waals surface area contributed by atoms with Crippen molar-refractivity contribution in [2.24, 2.45) is 10.8 Å². The van der Waals surface area contributed by atoms with Gasteiger partial charge in [0.25, 0.3) is 0 Å². The normalized spacial score (nSPS) is 26.6. The summed E-state index contributed by atoms with van der Waals surface area (Å²) in [5.74, 6) is 0.167. The second kappa shape index (κ2) is 9.90. The first kappa shape index (κ1) is 27.2. The summed E-state index contributed by atoms with van der Waals surface area (Å²) in [6, 6.07) is 8.02. The Bertz CT molecular complexity index is 861. The third-order valence-corrected chi connectivity index (χ3v) is 8.22. The van der Waals surface area contributed by atoms with Gasteiger partial charge in [0, 0.05) is 9.89 Å². The van der Waals surface area contributed by atoms with E-state index >= 15 is 0 Å². The lowest BCUT2D eigenvalue weighted by molar-refractivity contribution is -0.135. The molecule has 0 aliphatic heterocycles. The van der Waals surface area contributed by atoms with Crippen LogP contribution in [0.2, 0.25) is 0 Å². The molecule has 1 unspecified atom stereocenters. The Labute approximate surface area is 212 Å². The van der Waals surface area contributed by atoms with Crippen LogP contribution in [0.4, 0.5) is 4.79 Å². The second-order valence-corrected chi connectivity index (χ2v) is 13.2. The van der Waals surface area contributed by atoms with E-state index in [0.717, 1.165) is 43.0 Å². The number of halogens is 1. The first-order chi connectivity index (χ1) is 15.7. The van der Waals surface area contributed by atoms with Crippen molar-refractivity contribution < 1.29 is 19.4 Å². The minimum atomic E-state index is -1.07. The number of ketones is 1. The maximum atomic E-state index is 13.4. The van der Waals surface area contributed by atoms with E-state index in [1.165, 1.54) is 5.56 Å². The molecule has 3 N–H and O–H groups in total. The molecule has 2 atom stereocenters. The highest BCUT2D eigenvalue weighted by Crippen LogP contribution is 2.58. The number of ether oxygens (including phenoxy) is 1. The number of hydrogen-bond acceptors (Lipinski definition) is 5. The zero-order chi connectivity index (χ0) is 25.4. The predicted octanol–water partition coefficient (Wildman–Crippen LogP) is 5.46. The zero-order valence-corrected chi connectivity index (χ0v) is 23.0. The SMILES string of the molecule is CC(C)(C)OC(=O)N[C@H](C(O)NCC(=O)C12CCC(c3ccc(Br)cc3)(CC1)CC2)C(C)(C)C. The van der Waals surface area contributed by atoms with Crippen LogP contribution < -0.4 is 10.6 Å². The van der Waals surface area contributed by atoms with Crippen molar-refractivity contribution in [3.8, 4) is 0 Å². The summed E-state index contributed by atoms with van der Waals surface area (Å²) in [4.78, 5) is 25.7. The van der Waals surface area contributed by atoms with E-state index in [0.29, 0.717) is 0 Å². The van der Waals surface area contributed by atoms with Crippen molar-refractivity contribution in [2.75, 3.05) is 6.54 Å². The van der Waals surface area contributed by atoms with Crippen LogP contribution >= 0.6 is 15.9 Å². The minimum Gasteiger partial charge on any atom is -0.444 e. The summed E-state index contributed by atoms with van der Waals surface area (Å²) in [6.45, 7) is 11.3. The number of fused-ring (bicyclic) bond motifs is 3. The quantitative estimate of drug-likeness (QED) is 0.403. The number of hydrogen-bond donors (Lipinski definition) is 3. The van der Waals surface area contributed by atoms with Gasteiger partial charge in [-0.1, -0.05) is 48.8 Å². The Morgan fingerprint density at radius 2 is 1.53 bits per heavy atom. The number of aliphatic hydroxyl groups is 1. The number of Topliss-reactive ketones (excluding diaryl/α,β-unsaturated/α-hetero) is 1. The van der Waals surface area contributed by atoms with Crippen LogP contribution in [0.3, 0.4) is 0 Å². The van der Waals surface area contributed by atoms with Gasteiger partial charge in [0.1, 0.15) is 11.8 Å². The number of nitrogens with one attached hydrogen (secondary N) is 2. The van der Waals surface area contributed by atoms with Gasteiger partial charge in [0.05, 0.1) is 12.6 Å². The number of aliphatic hydroxyl groups excluding tert-OH is 1. The second-order valence-electron chi connectivity index (χ2n) is 12.3. The number of carbonyl (C=O) groups is 2. The maximum absolute atomic E-state index is 13.4. The molecule has 1 amide bonds. The summed E-state index contributed by atoms with van der Waals surface area (Å²) in [7, 11) is 0. The van der Waals surface area contributed by atoms with Gasteiger partial charge in [-0.05, 0) is 87.8 Å². The molecule has 1 aromatic rings. The molecule has 0 spiro atoms. The van der Waals surface area contributed by atoms with Crippen LogP contribution in [0.1, 0.15) is 85.6 Å². The van der Waals surface area contributed by atoms with Crippen LogP contribution in [0.15, 0.2) is 28.7 Å². The van der Waals surface area contributed by atoms with Gasteiger partial charge in [-0.3, -0.25) is 10.1 Å². The standard InChI is InChI=1S/C27H41BrN2O4/c1-24(2,3)21(30-23(33)34-25(4,5)6)22(32)29-17-20(31)27-14-11-26(12-15-27,13-16-27)18-7-9-19(28)10-8-18/h7-10,21-22,29,32H,11-17H2,1-6H3,(H,30,33)/t21-,22?,26?,27?/m1/s1. The van der Waals surface area contributed by atoms with Gasteiger partial charge in [-0.2, -0.15) is 0 Å². The van der Waals surface area contributed by atoms with Crippen molar-refractivity contribution >= 4 is 27.8 Å². The molecule has 0 saturated heterocycles. The fourth-order valence-electron chi connectivity index (χ4n) is 5.55. The maximum Gasteiger partial charge on any atom is 0.408 e. The summed E-state index contributed by atoms with van der Waals surface area (Å²) >= 11 is 3.52. The molecule has 0 heterocycles. The summed E-state index contributed by atoms with van der Waals surface area (Å²) in [5, 5.41) is 16.7. The summed E-state index contributed by atoms with van der Waals surface area (Å²) in [6.07, 6.45) is 4.08. The fourth-order valence-corrected chi connectivity index (χ4v) is 5.81. The molecule has 0 aromatic heterocycles. The van der Waals surface area contributed by atoms with Gasteiger partial charge in [-0.25, -0.2) is 4.79 Å². The van der Waals surface area contributed by atoms with Crippen molar-refractivity contribution in [1.82, 2.24) is 10.6 Å². The molecule has 4 rings (SSSR count). The van der Waals surface area contributed by atoms with Crippen LogP contribution in [-0.4, -0.2) is 41.4 Å². The smallest absolute Gasteiger partial charge is 0.408 e. The van der Waals surface area contributed by atoms with Crippen molar-refractivity contribution in [3.63, 3.8) is 0 Å². The third-order valence-electron chi connectivity index (χ3n) is 7.69. The number of alkyl carbamates (subject to hydrolysis) is 1. The van der Waals surface area contributed by atoms with E-state index in [1.54, 1.807) is 20.8 Å². The van der Waals surface area contributed by atoms with Gasteiger partial charge in [-0.15, -0.1) is 0 Å². The van der Waals surface area contributed by atoms with Crippen molar-refractivity contribution in [3.05, 3.63) is 34.3 Å². The molecule has 2 bridgehead atoms. The molecule has 0 radical (unpaired) electrons. The number of amides is 1. The Kier molecular flexibility index (Phi) is 7.91. The van der Waals surface area contributed by atoms with E-state index in [-0.39, 0.29) is 23.2 Å². The first-order valence-corrected chi connectivity index (χ1v) is 13.2. The van der Waals surface area contributed by atoms with Gasteiger partial charge in [0.2, 0.25) is 0 Å². The molecule has 190 valence electrons. The van der Waals surface area contributed by atoms with E-state index in [4.69, 9.17) is 4.74 Å². The molecule has 6 nitrogen and oxygen atoms in total. The molecule has 3 aliphatic rings. The molecule has 7 heteroatoms. The molecule has 3 aliphatic carbocycles. The lowest BCUT2D eigenvalue weighted by atomic mass is 9.51. The number of rotatable bonds is 7. The number of benzene rings is 1. The molecule has 34 heavy (non-hydrogen) atoms. The highest BCUT2D eigenvalue weighted by Gasteiger charge is 2.52. The monoisotopic (exact) mass is 536 g/mol. The van der Waals surface area contributed by atoms with Crippen LogP contribution in [0.25, 0.3) is 0 Å². The minimum absolute atomic E-state index is 0.0923. The summed E-state index contributed by atoms with van der Waals surface area (Å²) < 4.78 is 6.45. The van der Waals surface area contributed by atoms with Crippen LogP contribution in [-0.2, 0) is 14.9 Å². The Balaban J connectivity index is 1.59. The lowest BCUT2D eigenvalue weighted by Crippen LogP contribution is -2.58. The predicted molar refractivity (Wildman–Crippen MR) is 138 cm³/mol. The molecular weight excluding hydrogens is 496 g/mol. The van der Waals surface area contributed by atoms with Gasteiger partial charge >= 0.3 is 6.09 Å². The molecule has 1 aromatic carbocycles.